The predicted molar refractivity (Wildman–Crippen MR) is 130 cm³/mol. The standard InChI is InChI=1S/C27H34N2O5/c1-5-10-17(25(31)32)15-28-24(30)23(27(2,3)4)29-26(33)34-16-22-20-13-8-6-11-18(20)19-12-7-9-14-21(19)22/h6-9,11-14,17,22-23H,5,10,15-16H2,1-4H3,(H,28,30)(H,29,33)(H,31,32)/t17?,23-/m1/s1. The van der Waals surface area contributed by atoms with Crippen molar-refractivity contribution in [1.29, 1.82) is 0 Å². The summed E-state index contributed by atoms with van der Waals surface area (Å²) in [7, 11) is 0. The second-order valence-electron chi connectivity index (χ2n) is 9.84. The smallest absolute Gasteiger partial charge is 0.407 e. The van der Waals surface area contributed by atoms with Crippen molar-refractivity contribution in [3.8, 4) is 11.1 Å². The number of hydrogen-bond acceptors (Lipinski definition) is 4. The van der Waals surface area contributed by atoms with Crippen molar-refractivity contribution < 1.29 is 24.2 Å². The molecule has 0 fully saturated rings. The molecule has 7 nitrogen and oxygen atoms in total. The molecule has 0 radical (unpaired) electrons. The third-order valence-electron chi connectivity index (χ3n) is 6.24. The van der Waals surface area contributed by atoms with Crippen molar-refractivity contribution in [3.05, 3.63) is 59.7 Å². The van der Waals surface area contributed by atoms with E-state index in [1.807, 2.05) is 64.1 Å². The van der Waals surface area contributed by atoms with E-state index in [0.717, 1.165) is 22.3 Å². The average molecular weight is 467 g/mol. The predicted octanol–water partition coefficient (Wildman–Crippen LogP) is 4.56. The van der Waals surface area contributed by atoms with Gasteiger partial charge in [-0.2, -0.15) is 0 Å². The summed E-state index contributed by atoms with van der Waals surface area (Å²) in [5.74, 6) is -2.11. The molecular weight excluding hydrogens is 432 g/mol. The van der Waals surface area contributed by atoms with Crippen LogP contribution in [0.1, 0.15) is 57.6 Å². The number of fused-ring (bicyclic) bond motifs is 3. The summed E-state index contributed by atoms with van der Waals surface area (Å²) in [4.78, 5) is 37.0. The lowest BCUT2D eigenvalue weighted by Gasteiger charge is -2.30. The summed E-state index contributed by atoms with van der Waals surface area (Å²) >= 11 is 0. The highest BCUT2D eigenvalue weighted by Crippen LogP contribution is 2.44. The molecule has 0 spiro atoms. The molecule has 0 aliphatic heterocycles. The monoisotopic (exact) mass is 466 g/mol. The van der Waals surface area contributed by atoms with E-state index < -0.39 is 35.3 Å². The van der Waals surface area contributed by atoms with Crippen LogP contribution in [-0.4, -0.2) is 42.3 Å². The Kier molecular flexibility index (Phi) is 7.97. The van der Waals surface area contributed by atoms with Gasteiger partial charge in [0.15, 0.2) is 0 Å². The first-order chi connectivity index (χ1) is 16.1. The number of carboxylic acids is 1. The number of aliphatic carboxylic acids is 1. The van der Waals surface area contributed by atoms with Gasteiger partial charge in [0, 0.05) is 12.5 Å². The molecule has 1 aliphatic carbocycles. The van der Waals surface area contributed by atoms with Crippen LogP contribution in [0.5, 0.6) is 0 Å². The molecule has 0 heterocycles. The maximum atomic E-state index is 12.9. The molecule has 2 atom stereocenters. The van der Waals surface area contributed by atoms with Gasteiger partial charge in [0.1, 0.15) is 12.6 Å². The summed E-state index contributed by atoms with van der Waals surface area (Å²) in [5, 5.41) is 14.7. The normalized spacial score (nSPS) is 14.5. The molecule has 0 aromatic heterocycles. The summed E-state index contributed by atoms with van der Waals surface area (Å²) < 4.78 is 5.59. The van der Waals surface area contributed by atoms with Crippen LogP contribution in [0.25, 0.3) is 11.1 Å². The number of alkyl carbamates (subject to hydrolysis) is 1. The van der Waals surface area contributed by atoms with E-state index in [9.17, 15) is 19.5 Å². The van der Waals surface area contributed by atoms with E-state index in [2.05, 4.69) is 22.8 Å². The van der Waals surface area contributed by atoms with Crippen LogP contribution >= 0.6 is 0 Å². The van der Waals surface area contributed by atoms with E-state index >= 15 is 0 Å². The minimum atomic E-state index is -0.945. The topological polar surface area (TPSA) is 105 Å². The summed E-state index contributed by atoms with van der Waals surface area (Å²) in [6.45, 7) is 7.57. The molecule has 3 N–H and O–H groups in total. The van der Waals surface area contributed by atoms with Crippen LogP contribution in [-0.2, 0) is 14.3 Å². The highest BCUT2D eigenvalue weighted by Gasteiger charge is 2.35. The Morgan fingerprint density at radius 2 is 1.56 bits per heavy atom. The third kappa shape index (κ3) is 5.76. The van der Waals surface area contributed by atoms with E-state index in [1.165, 1.54) is 0 Å². The van der Waals surface area contributed by atoms with Gasteiger partial charge in [-0.25, -0.2) is 4.79 Å². The van der Waals surface area contributed by atoms with E-state index in [-0.39, 0.29) is 19.1 Å². The maximum Gasteiger partial charge on any atom is 0.407 e. The van der Waals surface area contributed by atoms with Crippen molar-refractivity contribution in [2.45, 2.75) is 52.5 Å². The van der Waals surface area contributed by atoms with E-state index in [4.69, 9.17) is 4.74 Å². The quantitative estimate of drug-likeness (QED) is 0.503. The fourth-order valence-electron chi connectivity index (χ4n) is 4.42. The number of hydrogen-bond donors (Lipinski definition) is 3. The number of carboxylic acid groups (broad SMARTS) is 1. The van der Waals surface area contributed by atoms with Gasteiger partial charge < -0.3 is 20.5 Å². The number of rotatable bonds is 9. The van der Waals surface area contributed by atoms with Crippen molar-refractivity contribution in [2.24, 2.45) is 11.3 Å². The first-order valence-electron chi connectivity index (χ1n) is 11.8. The zero-order valence-electron chi connectivity index (χ0n) is 20.3. The molecule has 2 amide bonds. The van der Waals surface area contributed by atoms with Crippen LogP contribution in [0.4, 0.5) is 4.79 Å². The largest absolute Gasteiger partial charge is 0.481 e. The van der Waals surface area contributed by atoms with Crippen molar-refractivity contribution in [3.63, 3.8) is 0 Å². The van der Waals surface area contributed by atoms with Crippen molar-refractivity contribution >= 4 is 18.0 Å². The van der Waals surface area contributed by atoms with Gasteiger partial charge in [0.2, 0.25) is 5.91 Å². The van der Waals surface area contributed by atoms with Crippen LogP contribution in [0.2, 0.25) is 0 Å². The Morgan fingerprint density at radius 1 is 1.00 bits per heavy atom. The molecule has 34 heavy (non-hydrogen) atoms. The van der Waals surface area contributed by atoms with Crippen molar-refractivity contribution in [2.75, 3.05) is 13.2 Å². The minimum absolute atomic E-state index is 0.0148. The van der Waals surface area contributed by atoms with Crippen molar-refractivity contribution in [1.82, 2.24) is 10.6 Å². The van der Waals surface area contributed by atoms with E-state index in [1.54, 1.807) is 0 Å². The molecule has 1 unspecified atom stereocenters. The van der Waals surface area contributed by atoms with E-state index in [0.29, 0.717) is 12.8 Å². The first kappa shape index (κ1) is 25.3. The van der Waals surface area contributed by atoms with Gasteiger partial charge >= 0.3 is 12.1 Å². The number of nitrogens with one attached hydrogen (secondary N) is 2. The molecule has 3 rings (SSSR count). The van der Waals surface area contributed by atoms with Crippen LogP contribution in [0.3, 0.4) is 0 Å². The van der Waals surface area contributed by atoms with Gasteiger partial charge in [-0.3, -0.25) is 9.59 Å². The van der Waals surface area contributed by atoms with Crippen LogP contribution in [0, 0.1) is 11.3 Å². The number of carbonyl (C=O) groups excluding carboxylic acids is 2. The molecule has 182 valence electrons. The number of benzene rings is 2. The fraction of sp³-hybridized carbons (Fsp3) is 0.444. The molecule has 1 aliphatic rings. The lowest BCUT2D eigenvalue weighted by atomic mass is 9.86. The van der Waals surface area contributed by atoms with Gasteiger partial charge in [-0.1, -0.05) is 82.6 Å². The minimum Gasteiger partial charge on any atom is -0.481 e. The Hall–Kier alpha value is -3.35. The highest BCUT2D eigenvalue weighted by molar-refractivity contribution is 5.87. The summed E-state index contributed by atoms with van der Waals surface area (Å²) in [5.41, 5.74) is 3.90. The maximum absolute atomic E-state index is 12.9. The molecular formula is C27H34N2O5. The van der Waals surface area contributed by atoms with Crippen LogP contribution < -0.4 is 10.6 Å². The lowest BCUT2D eigenvalue weighted by Crippen LogP contribution is -2.54. The zero-order valence-corrected chi connectivity index (χ0v) is 20.3. The number of carbonyl (C=O) groups is 3. The molecule has 2 aromatic carbocycles. The highest BCUT2D eigenvalue weighted by atomic mass is 16.5. The van der Waals surface area contributed by atoms with Gasteiger partial charge in [-0.15, -0.1) is 0 Å². The summed E-state index contributed by atoms with van der Waals surface area (Å²) in [6, 6.07) is 15.3. The average Bonchev–Trinajstić information content (AvgIpc) is 3.11. The second kappa shape index (κ2) is 10.7. The second-order valence-corrected chi connectivity index (χ2v) is 9.84. The third-order valence-corrected chi connectivity index (χ3v) is 6.24. The Morgan fingerprint density at radius 3 is 2.06 bits per heavy atom. The SMILES string of the molecule is CCCC(CNC(=O)[C@@H](NC(=O)OCC1c2ccccc2-c2ccccc21)C(C)(C)C)C(=O)O. The summed E-state index contributed by atoms with van der Waals surface area (Å²) in [6.07, 6.45) is 0.489. The number of amides is 2. The van der Waals surface area contributed by atoms with Gasteiger partial charge in [-0.05, 0) is 34.1 Å². The van der Waals surface area contributed by atoms with Gasteiger partial charge in [0.25, 0.3) is 0 Å². The van der Waals surface area contributed by atoms with Gasteiger partial charge in [0.05, 0.1) is 5.92 Å². The number of ether oxygens (including phenoxy) is 1. The molecule has 2 aromatic rings. The van der Waals surface area contributed by atoms with Crippen LogP contribution in [0.15, 0.2) is 48.5 Å². The molecule has 0 saturated carbocycles. The Bertz CT molecular complexity index is 998. The molecule has 0 bridgehead atoms. The lowest BCUT2D eigenvalue weighted by molar-refractivity contribution is -0.142. The first-order valence-corrected chi connectivity index (χ1v) is 11.8. The Balaban J connectivity index is 1.65. The Labute approximate surface area is 200 Å². The zero-order chi connectivity index (χ0) is 24.9. The molecule has 7 heteroatoms. The fourth-order valence-corrected chi connectivity index (χ4v) is 4.42. The molecule has 0 saturated heterocycles.